The second kappa shape index (κ2) is 8.40. The number of rotatable bonds is 7. The third-order valence-corrected chi connectivity index (χ3v) is 2.82. The topological polar surface area (TPSA) is 35.8 Å². The number of hydrogen-bond acceptors (Lipinski definition) is 3. The summed E-state index contributed by atoms with van der Waals surface area (Å²) in [6.45, 7) is 7.37. The quantitative estimate of drug-likeness (QED) is 0.640. The molecule has 0 spiro atoms. The van der Waals surface area contributed by atoms with Crippen LogP contribution in [0.2, 0.25) is 0 Å². The van der Waals surface area contributed by atoms with Gasteiger partial charge in [-0.25, -0.2) is 0 Å². The number of nitrogens with zero attached hydrogens (tertiary/aromatic N) is 1. The fourth-order valence-electron chi connectivity index (χ4n) is 0.908. The molecule has 0 aliphatic rings. The van der Waals surface area contributed by atoms with Crippen molar-refractivity contribution in [3.05, 3.63) is 0 Å². The summed E-state index contributed by atoms with van der Waals surface area (Å²) >= 11 is 1.87. The first kappa shape index (κ1) is 12.8. The summed E-state index contributed by atoms with van der Waals surface area (Å²) in [5.41, 5.74) is 0. The van der Waals surface area contributed by atoms with Gasteiger partial charge in [-0.05, 0) is 24.6 Å². The molecule has 0 radical (unpaired) electrons. The smallest absolute Gasteiger partial charge is 0.104 e. The molecule has 1 atom stereocenters. The molecule has 0 aromatic rings. The van der Waals surface area contributed by atoms with E-state index in [1.807, 2.05) is 18.7 Å². The Balaban J connectivity index is 3.34. The molecule has 0 aromatic heterocycles. The number of nitriles is 1. The maximum absolute atomic E-state index is 8.74. The summed E-state index contributed by atoms with van der Waals surface area (Å²) in [6.07, 6.45) is 1.24. The van der Waals surface area contributed by atoms with E-state index < -0.39 is 0 Å². The van der Waals surface area contributed by atoms with E-state index in [9.17, 15) is 0 Å². The van der Waals surface area contributed by atoms with Gasteiger partial charge in [0.25, 0.3) is 0 Å². The SMILES string of the molecule is CCNC(C#N)CSCCC(C)C. The van der Waals surface area contributed by atoms with Crippen molar-refractivity contribution in [2.45, 2.75) is 33.2 Å². The van der Waals surface area contributed by atoms with Crippen LogP contribution in [0.5, 0.6) is 0 Å². The minimum atomic E-state index is 0.0298. The van der Waals surface area contributed by atoms with Gasteiger partial charge in [-0.2, -0.15) is 17.0 Å². The van der Waals surface area contributed by atoms with Crippen LogP contribution in [0.3, 0.4) is 0 Å². The number of nitrogens with one attached hydrogen (secondary N) is 1. The maximum atomic E-state index is 8.74. The summed E-state index contributed by atoms with van der Waals surface area (Å²) < 4.78 is 0. The zero-order chi connectivity index (χ0) is 10.1. The van der Waals surface area contributed by atoms with Crippen LogP contribution >= 0.6 is 11.8 Å². The normalized spacial score (nSPS) is 12.8. The van der Waals surface area contributed by atoms with E-state index in [-0.39, 0.29) is 6.04 Å². The van der Waals surface area contributed by atoms with Gasteiger partial charge in [0.15, 0.2) is 0 Å². The molecule has 1 N–H and O–H groups in total. The van der Waals surface area contributed by atoms with E-state index in [1.165, 1.54) is 12.2 Å². The van der Waals surface area contributed by atoms with Gasteiger partial charge in [0, 0.05) is 5.75 Å². The second-order valence-electron chi connectivity index (χ2n) is 3.50. The van der Waals surface area contributed by atoms with Crippen molar-refractivity contribution in [2.75, 3.05) is 18.1 Å². The molecule has 0 heterocycles. The highest BCUT2D eigenvalue weighted by molar-refractivity contribution is 7.99. The van der Waals surface area contributed by atoms with Crippen molar-refractivity contribution < 1.29 is 0 Å². The summed E-state index contributed by atoms with van der Waals surface area (Å²) in [5.74, 6) is 2.85. The Bertz CT molecular complexity index is 151. The minimum Gasteiger partial charge on any atom is -0.302 e. The highest BCUT2D eigenvalue weighted by atomic mass is 32.2. The first-order valence-electron chi connectivity index (χ1n) is 4.91. The molecule has 1 unspecified atom stereocenters. The molecule has 0 amide bonds. The van der Waals surface area contributed by atoms with Crippen LogP contribution in [0.4, 0.5) is 0 Å². The third kappa shape index (κ3) is 8.14. The van der Waals surface area contributed by atoms with E-state index >= 15 is 0 Å². The van der Waals surface area contributed by atoms with Crippen LogP contribution in [0.25, 0.3) is 0 Å². The molecule has 0 fully saturated rings. The lowest BCUT2D eigenvalue weighted by molar-refractivity contribution is 0.630. The van der Waals surface area contributed by atoms with Crippen molar-refractivity contribution in [3.8, 4) is 6.07 Å². The summed E-state index contributed by atoms with van der Waals surface area (Å²) in [4.78, 5) is 0. The van der Waals surface area contributed by atoms with Crippen molar-refractivity contribution in [2.24, 2.45) is 5.92 Å². The van der Waals surface area contributed by atoms with Crippen LogP contribution in [0, 0.1) is 17.2 Å². The Morgan fingerprint density at radius 1 is 1.46 bits per heavy atom. The summed E-state index contributed by atoms with van der Waals surface area (Å²) in [7, 11) is 0. The molecule has 13 heavy (non-hydrogen) atoms. The van der Waals surface area contributed by atoms with E-state index in [0.717, 1.165) is 18.2 Å². The fourth-order valence-corrected chi connectivity index (χ4v) is 2.14. The van der Waals surface area contributed by atoms with Crippen LogP contribution in [0.1, 0.15) is 27.2 Å². The first-order chi connectivity index (χ1) is 6.20. The maximum Gasteiger partial charge on any atom is 0.104 e. The lowest BCUT2D eigenvalue weighted by Crippen LogP contribution is -2.29. The van der Waals surface area contributed by atoms with Gasteiger partial charge in [0.05, 0.1) is 6.07 Å². The second-order valence-corrected chi connectivity index (χ2v) is 4.65. The Morgan fingerprint density at radius 3 is 2.62 bits per heavy atom. The van der Waals surface area contributed by atoms with Crippen molar-refractivity contribution >= 4 is 11.8 Å². The molecule has 0 rings (SSSR count). The molecule has 0 saturated carbocycles. The van der Waals surface area contributed by atoms with E-state index in [0.29, 0.717) is 0 Å². The lowest BCUT2D eigenvalue weighted by atomic mass is 10.2. The summed E-state index contributed by atoms with van der Waals surface area (Å²) in [5, 5.41) is 11.9. The van der Waals surface area contributed by atoms with E-state index in [1.54, 1.807) is 0 Å². The van der Waals surface area contributed by atoms with Crippen molar-refractivity contribution in [1.29, 1.82) is 5.26 Å². The molecule has 76 valence electrons. The third-order valence-electron chi connectivity index (χ3n) is 1.73. The Kier molecular flexibility index (Phi) is 8.27. The van der Waals surface area contributed by atoms with Crippen LogP contribution < -0.4 is 5.32 Å². The largest absolute Gasteiger partial charge is 0.302 e. The molecule has 0 bridgehead atoms. The van der Waals surface area contributed by atoms with Crippen molar-refractivity contribution in [3.63, 3.8) is 0 Å². The lowest BCUT2D eigenvalue weighted by Gasteiger charge is -2.09. The molecule has 0 aromatic carbocycles. The standard InChI is InChI=1S/C10H20N2S/c1-4-12-10(7-11)8-13-6-5-9(2)3/h9-10,12H,4-6,8H2,1-3H3. The van der Waals surface area contributed by atoms with Gasteiger partial charge in [-0.15, -0.1) is 0 Å². The molecular weight excluding hydrogens is 180 g/mol. The van der Waals surface area contributed by atoms with Gasteiger partial charge in [0.1, 0.15) is 6.04 Å². The zero-order valence-corrected chi connectivity index (χ0v) is 9.66. The minimum absolute atomic E-state index is 0.0298. The molecule has 0 aliphatic heterocycles. The van der Waals surface area contributed by atoms with Crippen molar-refractivity contribution in [1.82, 2.24) is 5.32 Å². The Morgan fingerprint density at radius 2 is 2.15 bits per heavy atom. The predicted molar refractivity (Wildman–Crippen MR) is 59.9 cm³/mol. The monoisotopic (exact) mass is 200 g/mol. The Labute approximate surface area is 86.1 Å². The molecule has 2 nitrogen and oxygen atoms in total. The van der Waals surface area contributed by atoms with Gasteiger partial charge in [0.2, 0.25) is 0 Å². The number of hydrogen-bond donors (Lipinski definition) is 1. The molecule has 0 aliphatic carbocycles. The van der Waals surface area contributed by atoms with Crippen LogP contribution in [0.15, 0.2) is 0 Å². The average Bonchev–Trinajstić information content (AvgIpc) is 2.10. The van der Waals surface area contributed by atoms with Crippen LogP contribution in [-0.4, -0.2) is 24.1 Å². The Hall–Kier alpha value is -0.200. The van der Waals surface area contributed by atoms with Crippen LogP contribution in [-0.2, 0) is 0 Å². The van der Waals surface area contributed by atoms with Gasteiger partial charge >= 0.3 is 0 Å². The zero-order valence-electron chi connectivity index (χ0n) is 8.84. The fraction of sp³-hybridized carbons (Fsp3) is 0.900. The van der Waals surface area contributed by atoms with E-state index in [4.69, 9.17) is 5.26 Å². The average molecular weight is 200 g/mol. The highest BCUT2D eigenvalue weighted by Crippen LogP contribution is 2.09. The van der Waals surface area contributed by atoms with Gasteiger partial charge in [-0.3, -0.25) is 0 Å². The number of thioether (sulfide) groups is 1. The van der Waals surface area contributed by atoms with Gasteiger partial charge < -0.3 is 5.32 Å². The summed E-state index contributed by atoms with van der Waals surface area (Å²) in [6, 6.07) is 2.29. The first-order valence-corrected chi connectivity index (χ1v) is 6.06. The molecule has 0 saturated heterocycles. The molecule has 3 heteroatoms. The van der Waals surface area contributed by atoms with Gasteiger partial charge in [-0.1, -0.05) is 20.8 Å². The van der Waals surface area contributed by atoms with E-state index in [2.05, 4.69) is 25.2 Å². The highest BCUT2D eigenvalue weighted by Gasteiger charge is 2.04. The molecular formula is C10H20N2S. The predicted octanol–water partition coefficient (Wildman–Crippen LogP) is 2.27.